The van der Waals surface area contributed by atoms with Gasteiger partial charge in [0, 0.05) is 61.3 Å². The molecule has 2 aromatic carbocycles. The molecule has 12 heteroatoms. The number of halogens is 2. The molecule has 35 heavy (non-hydrogen) atoms. The fraction of sp³-hybridized carbons (Fsp3) is 0.304. The Morgan fingerprint density at radius 3 is 2.74 bits per heavy atom. The van der Waals surface area contributed by atoms with Crippen molar-refractivity contribution in [3.05, 3.63) is 63.5 Å². The van der Waals surface area contributed by atoms with Crippen LogP contribution in [0.4, 0.5) is 15.8 Å². The Balaban J connectivity index is 0.00000289. The number of likely N-dealkylation sites (N-methyl/N-ethyl adjacent to an activating group) is 1. The topological polar surface area (TPSA) is 120 Å². The molecule has 1 fully saturated rings. The maximum Gasteiger partial charge on any atom is 0.270 e. The molecule has 3 aromatic rings. The summed E-state index contributed by atoms with van der Waals surface area (Å²) in [6.45, 7) is 4.89. The Kier molecular flexibility index (Phi) is 7.01. The molecule has 2 aliphatic heterocycles. The van der Waals surface area contributed by atoms with Gasteiger partial charge >= 0.3 is 0 Å². The van der Waals surface area contributed by atoms with Gasteiger partial charge in [-0.1, -0.05) is 5.16 Å². The largest absolute Gasteiger partial charge is 0.494 e. The number of fused-ring (bicyclic) bond motifs is 2. The lowest BCUT2D eigenvalue weighted by atomic mass is 10.0. The average molecular weight is 503 g/mol. The predicted octanol–water partition coefficient (Wildman–Crippen LogP) is 3.45. The molecule has 0 amide bonds. The van der Waals surface area contributed by atoms with Crippen molar-refractivity contribution in [3.63, 3.8) is 0 Å². The Morgan fingerprint density at radius 2 is 2.00 bits per heavy atom. The van der Waals surface area contributed by atoms with Crippen LogP contribution in [0.3, 0.4) is 0 Å². The van der Waals surface area contributed by atoms with Crippen molar-refractivity contribution in [3.8, 4) is 5.88 Å². The predicted molar refractivity (Wildman–Crippen MR) is 133 cm³/mol. The van der Waals surface area contributed by atoms with Gasteiger partial charge in [-0.05, 0) is 31.3 Å². The summed E-state index contributed by atoms with van der Waals surface area (Å²) >= 11 is 0. The van der Waals surface area contributed by atoms with Crippen LogP contribution in [-0.2, 0) is 4.84 Å². The van der Waals surface area contributed by atoms with Gasteiger partial charge in [0.25, 0.3) is 5.69 Å². The van der Waals surface area contributed by atoms with Crippen molar-refractivity contribution in [1.82, 2.24) is 14.8 Å². The van der Waals surface area contributed by atoms with E-state index in [1.165, 1.54) is 36.4 Å². The molecule has 3 heterocycles. The van der Waals surface area contributed by atoms with E-state index in [0.717, 1.165) is 26.2 Å². The lowest BCUT2D eigenvalue weighted by Gasteiger charge is -2.31. The quantitative estimate of drug-likeness (QED) is 0.303. The van der Waals surface area contributed by atoms with Crippen LogP contribution >= 0.6 is 12.4 Å². The number of nitro benzene ring substituents is 1. The zero-order valence-electron chi connectivity index (χ0n) is 18.9. The van der Waals surface area contributed by atoms with Crippen LogP contribution in [0, 0.1) is 15.9 Å². The number of benzene rings is 2. The number of oxime groups is 1. The summed E-state index contributed by atoms with van der Waals surface area (Å²) in [5, 5.41) is 26.6. The maximum atomic E-state index is 14.1. The lowest BCUT2D eigenvalue weighted by molar-refractivity contribution is -0.384. The van der Waals surface area contributed by atoms with E-state index >= 15 is 0 Å². The second-order valence-corrected chi connectivity index (χ2v) is 8.38. The van der Waals surface area contributed by atoms with Crippen molar-refractivity contribution < 1.29 is 19.3 Å². The van der Waals surface area contributed by atoms with Crippen LogP contribution in [0.1, 0.15) is 11.1 Å². The fourth-order valence-electron chi connectivity index (χ4n) is 4.23. The van der Waals surface area contributed by atoms with Crippen molar-refractivity contribution in [2.45, 2.75) is 0 Å². The smallest absolute Gasteiger partial charge is 0.270 e. The Hall–Kier alpha value is -3.54. The molecule has 0 unspecified atom stereocenters. The van der Waals surface area contributed by atoms with E-state index in [-0.39, 0.29) is 41.0 Å². The molecular weight excluding hydrogens is 479 g/mol. The number of aromatic amines is 1. The SMILES string of the molecule is CN1CCN(CCO/N=C2/C(c3c(O)[nH]c4ccc([N+](=O)[O-])cc34)=Nc3ccc(F)cc32)CC1.Cl. The Labute approximate surface area is 206 Å². The number of nitrogens with zero attached hydrogens (tertiary/aromatic N) is 5. The van der Waals surface area contributed by atoms with Crippen LogP contribution in [0.25, 0.3) is 10.9 Å². The van der Waals surface area contributed by atoms with Gasteiger partial charge < -0.3 is 19.8 Å². The summed E-state index contributed by atoms with van der Waals surface area (Å²) in [6.07, 6.45) is 0. The highest BCUT2D eigenvalue weighted by Gasteiger charge is 2.30. The van der Waals surface area contributed by atoms with Crippen molar-refractivity contribution in [2.75, 3.05) is 46.4 Å². The normalized spacial score (nSPS) is 17.3. The Bertz CT molecular complexity index is 1330. The number of hydrogen-bond donors (Lipinski definition) is 2. The first kappa shape index (κ1) is 24.6. The number of hydrogen-bond acceptors (Lipinski definition) is 8. The lowest BCUT2D eigenvalue weighted by Crippen LogP contribution is -2.45. The number of aromatic hydroxyl groups is 1. The number of non-ortho nitro benzene ring substituents is 1. The van der Waals surface area contributed by atoms with E-state index in [0.29, 0.717) is 35.3 Å². The molecule has 0 saturated carbocycles. The molecular formula is C23H24ClFN6O4. The van der Waals surface area contributed by atoms with E-state index in [2.05, 4.69) is 32.0 Å². The van der Waals surface area contributed by atoms with Crippen LogP contribution in [0.5, 0.6) is 5.88 Å². The zero-order chi connectivity index (χ0) is 23.8. The molecule has 184 valence electrons. The van der Waals surface area contributed by atoms with Gasteiger partial charge in [-0.2, -0.15) is 0 Å². The summed E-state index contributed by atoms with van der Waals surface area (Å²) < 4.78 is 14.1. The molecule has 1 aromatic heterocycles. The molecule has 5 rings (SSSR count). The van der Waals surface area contributed by atoms with Crippen LogP contribution in [0.15, 0.2) is 46.5 Å². The van der Waals surface area contributed by atoms with Gasteiger partial charge in [0.2, 0.25) is 0 Å². The third-order valence-corrected chi connectivity index (χ3v) is 6.13. The number of rotatable bonds is 6. The van der Waals surface area contributed by atoms with E-state index in [9.17, 15) is 19.6 Å². The van der Waals surface area contributed by atoms with Gasteiger partial charge in [0.05, 0.1) is 16.2 Å². The van der Waals surface area contributed by atoms with E-state index in [1.54, 1.807) is 0 Å². The van der Waals surface area contributed by atoms with Gasteiger partial charge in [-0.15, -0.1) is 12.4 Å². The molecule has 0 aliphatic carbocycles. The standard InChI is InChI=1S/C23H23FN6O4.ClH/c1-28-6-8-29(9-7-28)10-11-34-27-21-17-12-14(24)2-4-19(17)25-22(21)20-16-13-15(30(32)33)3-5-18(16)26-23(20)31;/h2-5,12-13,26,31H,6-11H2,1H3;1H/b27-21+;. The maximum absolute atomic E-state index is 14.1. The Morgan fingerprint density at radius 1 is 1.23 bits per heavy atom. The fourth-order valence-corrected chi connectivity index (χ4v) is 4.23. The van der Waals surface area contributed by atoms with Crippen LogP contribution in [0.2, 0.25) is 0 Å². The van der Waals surface area contributed by atoms with Crippen LogP contribution in [-0.4, -0.2) is 82.6 Å². The highest BCUT2D eigenvalue weighted by molar-refractivity contribution is 6.58. The zero-order valence-corrected chi connectivity index (χ0v) is 19.7. The first-order valence-corrected chi connectivity index (χ1v) is 10.9. The minimum atomic E-state index is -0.510. The first-order chi connectivity index (χ1) is 16.4. The molecule has 10 nitrogen and oxygen atoms in total. The molecule has 1 saturated heterocycles. The minimum Gasteiger partial charge on any atom is -0.494 e. The molecule has 2 aliphatic rings. The molecule has 0 spiro atoms. The molecule has 0 bridgehead atoms. The number of aliphatic imine (C=N–C) groups is 1. The average Bonchev–Trinajstić information content (AvgIpc) is 3.33. The summed E-state index contributed by atoms with van der Waals surface area (Å²) in [7, 11) is 2.09. The van der Waals surface area contributed by atoms with E-state index in [1.807, 2.05) is 0 Å². The number of H-pyrrole nitrogens is 1. The summed E-state index contributed by atoms with van der Waals surface area (Å²) in [5.74, 6) is -0.674. The second kappa shape index (κ2) is 9.98. The summed E-state index contributed by atoms with van der Waals surface area (Å²) in [6, 6.07) is 8.34. The molecule has 2 N–H and O–H groups in total. The number of piperazine rings is 1. The molecule has 0 radical (unpaired) electrons. The summed E-state index contributed by atoms with van der Waals surface area (Å²) in [5.41, 5.74) is 2.03. The van der Waals surface area contributed by atoms with Crippen molar-refractivity contribution in [2.24, 2.45) is 10.1 Å². The van der Waals surface area contributed by atoms with Crippen LogP contribution < -0.4 is 0 Å². The van der Waals surface area contributed by atoms with Gasteiger partial charge in [-0.3, -0.25) is 15.0 Å². The highest BCUT2D eigenvalue weighted by Crippen LogP contribution is 2.37. The van der Waals surface area contributed by atoms with Crippen molar-refractivity contribution >= 4 is 46.1 Å². The summed E-state index contributed by atoms with van der Waals surface area (Å²) in [4.78, 5) is 28.3. The van der Waals surface area contributed by atoms with Crippen molar-refractivity contribution in [1.29, 1.82) is 0 Å². The van der Waals surface area contributed by atoms with Gasteiger partial charge in [-0.25, -0.2) is 9.38 Å². The first-order valence-electron chi connectivity index (χ1n) is 10.9. The number of nitro groups is 1. The van der Waals surface area contributed by atoms with E-state index in [4.69, 9.17) is 4.84 Å². The monoisotopic (exact) mass is 502 g/mol. The number of nitrogens with one attached hydrogen (secondary N) is 1. The van der Waals surface area contributed by atoms with Gasteiger partial charge in [0.1, 0.15) is 23.8 Å². The van der Waals surface area contributed by atoms with Gasteiger partial charge in [0.15, 0.2) is 5.88 Å². The minimum absolute atomic E-state index is 0. The highest BCUT2D eigenvalue weighted by atomic mass is 35.5. The third kappa shape index (κ3) is 4.83. The second-order valence-electron chi connectivity index (χ2n) is 8.38. The molecule has 0 atom stereocenters. The third-order valence-electron chi connectivity index (χ3n) is 6.13. The number of aromatic nitrogens is 1. The van der Waals surface area contributed by atoms with E-state index < -0.39 is 10.7 Å².